The first kappa shape index (κ1) is 12.0. The second kappa shape index (κ2) is 4.63. The fourth-order valence-electron chi connectivity index (χ4n) is 1.23. The van der Waals surface area contributed by atoms with Crippen LogP contribution in [0.2, 0.25) is 0 Å². The van der Waals surface area contributed by atoms with Gasteiger partial charge >= 0.3 is 0 Å². The molecule has 1 aromatic carbocycles. The Hall–Kier alpha value is -0.0800. The van der Waals surface area contributed by atoms with Crippen molar-refractivity contribution in [2.75, 3.05) is 5.88 Å². The van der Waals surface area contributed by atoms with E-state index < -0.39 is 0 Å². The topological polar surface area (TPSA) is 0 Å². The molecule has 0 aliphatic heterocycles. The van der Waals surface area contributed by atoms with E-state index in [1.54, 1.807) is 6.07 Å². The number of hydrogen-bond donors (Lipinski definition) is 0. The summed E-state index contributed by atoms with van der Waals surface area (Å²) in [5.41, 5.74) is 1.14. The predicted octanol–water partition coefficient (Wildman–Crippen LogP) is 4.40. The molecule has 0 nitrogen and oxygen atoms in total. The van der Waals surface area contributed by atoms with Gasteiger partial charge in [-0.1, -0.05) is 35.8 Å². The molecular formula is C11H13BrClF. The summed E-state index contributed by atoms with van der Waals surface area (Å²) in [4.78, 5) is 0. The average Bonchev–Trinajstić information content (AvgIpc) is 2.10. The second-order valence-corrected chi connectivity index (χ2v) is 5.33. The smallest absolute Gasteiger partial charge is 0.124 e. The lowest BCUT2D eigenvalue weighted by molar-refractivity contribution is 0.417. The molecule has 0 amide bonds. The molecule has 0 bridgehead atoms. The maximum atomic E-state index is 12.8. The third kappa shape index (κ3) is 3.25. The van der Waals surface area contributed by atoms with Gasteiger partial charge in [-0.15, -0.1) is 11.6 Å². The van der Waals surface area contributed by atoms with E-state index in [1.165, 1.54) is 12.1 Å². The lowest BCUT2D eigenvalue weighted by Gasteiger charge is -2.21. The molecule has 0 saturated heterocycles. The molecule has 0 aromatic heterocycles. The molecule has 0 saturated carbocycles. The highest BCUT2D eigenvalue weighted by atomic mass is 79.9. The lowest BCUT2D eigenvalue weighted by atomic mass is 9.88. The monoisotopic (exact) mass is 278 g/mol. The summed E-state index contributed by atoms with van der Waals surface area (Å²) in [6, 6.07) is 4.76. The van der Waals surface area contributed by atoms with Crippen LogP contribution in [0.25, 0.3) is 0 Å². The molecule has 0 unspecified atom stereocenters. The van der Waals surface area contributed by atoms with Crippen LogP contribution in [0.1, 0.15) is 19.4 Å². The Labute approximate surface area is 97.6 Å². The minimum absolute atomic E-state index is 0.0436. The van der Waals surface area contributed by atoms with Crippen molar-refractivity contribution in [1.29, 1.82) is 0 Å². The van der Waals surface area contributed by atoms with Crippen LogP contribution in [0, 0.1) is 11.2 Å². The first-order chi connectivity index (χ1) is 6.44. The van der Waals surface area contributed by atoms with Gasteiger partial charge in [-0.3, -0.25) is 0 Å². The second-order valence-electron chi connectivity index (χ2n) is 4.21. The summed E-state index contributed by atoms with van der Waals surface area (Å²) >= 11 is 9.18. The van der Waals surface area contributed by atoms with E-state index in [2.05, 4.69) is 29.8 Å². The molecule has 0 aliphatic carbocycles. The van der Waals surface area contributed by atoms with Gasteiger partial charge in [0.05, 0.1) is 0 Å². The average molecular weight is 280 g/mol. The Morgan fingerprint density at radius 1 is 1.43 bits per heavy atom. The lowest BCUT2D eigenvalue weighted by Crippen LogP contribution is -2.17. The number of alkyl halides is 1. The SMILES string of the molecule is CC(C)(CCl)Cc1ccc(F)cc1Br. The van der Waals surface area contributed by atoms with Crippen LogP contribution in [0.4, 0.5) is 4.39 Å². The van der Waals surface area contributed by atoms with Crippen molar-refractivity contribution in [1.82, 2.24) is 0 Å². The van der Waals surface area contributed by atoms with E-state index >= 15 is 0 Å². The van der Waals surface area contributed by atoms with Crippen LogP contribution in [-0.4, -0.2) is 5.88 Å². The van der Waals surface area contributed by atoms with Crippen molar-refractivity contribution in [2.45, 2.75) is 20.3 Å². The largest absolute Gasteiger partial charge is 0.207 e. The van der Waals surface area contributed by atoms with Crippen molar-refractivity contribution < 1.29 is 4.39 Å². The Kier molecular flexibility index (Phi) is 3.96. The molecule has 3 heteroatoms. The summed E-state index contributed by atoms with van der Waals surface area (Å²) in [6.45, 7) is 4.19. The number of hydrogen-bond acceptors (Lipinski definition) is 0. The van der Waals surface area contributed by atoms with Crippen molar-refractivity contribution in [3.05, 3.63) is 34.1 Å². The molecule has 0 radical (unpaired) electrons. The highest BCUT2D eigenvalue weighted by Crippen LogP contribution is 2.28. The van der Waals surface area contributed by atoms with E-state index in [-0.39, 0.29) is 11.2 Å². The highest BCUT2D eigenvalue weighted by Gasteiger charge is 2.18. The van der Waals surface area contributed by atoms with E-state index in [9.17, 15) is 4.39 Å². The number of rotatable bonds is 3. The Morgan fingerprint density at radius 3 is 2.57 bits per heavy atom. The quantitative estimate of drug-likeness (QED) is 0.720. The Balaban J connectivity index is 2.87. The summed E-state index contributed by atoms with van der Waals surface area (Å²) in [5.74, 6) is 0.376. The first-order valence-electron chi connectivity index (χ1n) is 4.44. The predicted molar refractivity (Wildman–Crippen MR) is 62.3 cm³/mol. The van der Waals surface area contributed by atoms with Crippen LogP contribution in [0.3, 0.4) is 0 Å². The van der Waals surface area contributed by atoms with Crippen LogP contribution in [0.5, 0.6) is 0 Å². The van der Waals surface area contributed by atoms with Gasteiger partial charge in [-0.25, -0.2) is 4.39 Å². The summed E-state index contributed by atoms with van der Waals surface area (Å²) in [6.07, 6.45) is 0.845. The standard InChI is InChI=1S/C11H13BrClF/c1-11(2,7-13)6-8-3-4-9(14)5-10(8)12/h3-5H,6-7H2,1-2H3. The molecule has 0 atom stereocenters. The zero-order chi connectivity index (χ0) is 10.8. The maximum absolute atomic E-state index is 12.8. The van der Waals surface area contributed by atoms with Gasteiger partial charge in [0, 0.05) is 10.4 Å². The molecule has 0 N–H and O–H groups in total. The van der Waals surface area contributed by atoms with Gasteiger partial charge < -0.3 is 0 Å². The van der Waals surface area contributed by atoms with Gasteiger partial charge in [0.25, 0.3) is 0 Å². The van der Waals surface area contributed by atoms with Crippen LogP contribution < -0.4 is 0 Å². The normalized spacial score (nSPS) is 11.8. The van der Waals surface area contributed by atoms with Crippen LogP contribution in [0.15, 0.2) is 22.7 Å². The minimum atomic E-state index is -0.218. The first-order valence-corrected chi connectivity index (χ1v) is 5.77. The summed E-state index contributed by atoms with van der Waals surface area (Å²) in [7, 11) is 0. The molecule has 1 aromatic rings. The van der Waals surface area contributed by atoms with Gasteiger partial charge in [0.15, 0.2) is 0 Å². The Bertz CT molecular complexity index is 323. The van der Waals surface area contributed by atoms with E-state index in [0.29, 0.717) is 5.88 Å². The van der Waals surface area contributed by atoms with Crippen molar-refractivity contribution in [3.63, 3.8) is 0 Å². The molecule has 78 valence electrons. The molecule has 0 fully saturated rings. The van der Waals surface area contributed by atoms with Crippen molar-refractivity contribution in [3.8, 4) is 0 Å². The van der Waals surface area contributed by atoms with E-state index in [1.807, 2.05) is 0 Å². The molecular weight excluding hydrogens is 266 g/mol. The third-order valence-electron chi connectivity index (χ3n) is 2.05. The van der Waals surface area contributed by atoms with Gasteiger partial charge in [-0.05, 0) is 29.5 Å². The van der Waals surface area contributed by atoms with Crippen molar-refractivity contribution in [2.24, 2.45) is 5.41 Å². The molecule has 0 heterocycles. The number of benzene rings is 1. The van der Waals surface area contributed by atoms with Crippen molar-refractivity contribution >= 4 is 27.5 Å². The third-order valence-corrected chi connectivity index (χ3v) is 3.51. The fourth-order valence-corrected chi connectivity index (χ4v) is 1.81. The van der Waals surface area contributed by atoms with Gasteiger partial charge in [-0.2, -0.15) is 0 Å². The molecule has 0 aliphatic rings. The highest BCUT2D eigenvalue weighted by molar-refractivity contribution is 9.10. The molecule has 1 rings (SSSR count). The van der Waals surface area contributed by atoms with E-state index in [0.717, 1.165) is 16.5 Å². The van der Waals surface area contributed by atoms with Gasteiger partial charge in [0.1, 0.15) is 5.82 Å². The molecule has 0 spiro atoms. The summed E-state index contributed by atoms with van der Waals surface area (Å²) < 4.78 is 13.6. The Morgan fingerprint density at radius 2 is 2.07 bits per heavy atom. The van der Waals surface area contributed by atoms with Crippen LogP contribution in [-0.2, 0) is 6.42 Å². The van der Waals surface area contributed by atoms with Gasteiger partial charge in [0.2, 0.25) is 0 Å². The number of halogens is 3. The zero-order valence-electron chi connectivity index (χ0n) is 8.28. The van der Waals surface area contributed by atoms with Crippen LogP contribution >= 0.6 is 27.5 Å². The molecule has 14 heavy (non-hydrogen) atoms. The maximum Gasteiger partial charge on any atom is 0.124 e. The minimum Gasteiger partial charge on any atom is -0.207 e. The zero-order valence-corrected chi connectivity index (χ0v) is 10.6. The fraction of sp³-hybridized carbons (Fsp3) is 0.455. The summed E-state index contributed by atoms with van der Waals surface area (Å²) in [5, 5.41) is 0. The van der Waals surface area contributed by atoms with E-state index in [4.69, 9.17) is 11.6 Å².